The molecule has 0 bridgehead atoms. The Labute approximate surface area is 120 Å². The highest BCUT2D eigenvalue weighted by Gasteiger charge is 2.29. The van der Waals surface area contributed by atoms with Crippen molar-refractivity contribution < 1.29 is 8.42 Å². The SMILES string of the molecule is Cl.Cn1cnc(S(=O)(=O)NCC2(N)CCCCC2)c1. The van der Waals surface area contributed by atoms with E-state index in [-0.39, 0.29) is 24.0 Å². The van der Waals surface area contributed by atoms with Gasteiger partial charge in [-0.05, 0) is 12.8 Å². The number of hydrogen-bond acceptors (Lipinski definition) is 4. The Morgan fingerprint density at radius 2 is 2.05 bits per heavy atom. The van der Waals surface area contributed by atoms with E-state index in [4.69, 9.17) is 5.73 Å². The standard InChI is InChI=1S/C11H20N4O2S.ClH/c1-15-7-10(13-9-15)18(16,17)14-8-11(12)5-3-2-4-6-11;/h7,9,14H,2-6,8,12H2,1H3;1H. The van der Waals surface area contributed by atoms with Crippen LogP contribution in [0.3, 0.4) is 0 Å². The van der Waals surface area contributed by atoms with Crippen LogP contribution in [0.1, 0.15) is 32.1 Å². The van der Waals surface area contributed by atoms with Gasteiger partial charge in [-0.1, -0.05) is 19.3 Å². The fourth-order valence-electron chi connectivity index (χ4n) is 2.27. The van der Waals surface area contributed by atoms with Crippen LogP contribution in [0.2, 0.25) is 0 Å². The highest BCUT2D eigenvalue weighted by molar-refractivity contribution is 7.89. The zero-order valence-corrected chi connectivity index (χ0v) is 12.6. The first kappa shape index (κ1) is 16.4. The molecular weight excluding hydrogens is 288 g/mol. The Bertz CT molecular complexity index is 509. The van der Waals surface area contributed by atoms with Crippen molar-refractivity contribution in [2.75, 3.05) is 6.54 Å². The van der Waals surface area contributed by atoms with E-state index in [9.17, 15) is 8.42 Å². The zero-order chi connectivity index (χ0) is 13.2. The number of sulfonamides is 1. The number of nitrogens with zero attached hydrogens (tertiary/aromatic N) is 2. The maximum absolute atomic E-state index is 12.0. The fourth-order valence-corrected chi connectivity index (χ4v) is 3.39. The summed E-state index contributed by atoms with van der Waals surface area (Å²) in [6, 6.07) is 0. The normalized spacial score (nSPS) is 18.8. The van der Waals surface area contributed by atoms with Gasteiger partial charge in [-0.15, -0.1) is 12.4 Å². The molecular formula is C11H21ClN4O2S. The number of hydrogen-bond donors (Lipinski definition) is 2. The molecule has 1 aliphatic carbocycles. The third kappa shape index (κ3) is 4.17. The van der Waals surface area contributed by atoms with Gasteiger partial charge >= 0.3 is 0 Å². The van der Waals surface area contributed by atoms with E-state index in [1.807, 2.05) is 0 Å². The van der Waals surface area contributed by atoms with Crippen molar-refractivity contribution in [1.82, 2.24) is 14.3 Å². The fraction of sp³-hybridized carbons (Fsp3) is 0.727. The Morgan fingerprint density at radius 3 is 2.58 bits per heavy atom. The summed E-state index contributed by atoms with van der Waals surface area (Å²) in [6.45, 7) is 0.284. The van der Waals surface area contributed by atoms with Crippen LogP contribution in [0.15, 0.2) is 17.6 Å². The molecule has 0 amide bonds. The van der Waals surface area contributed by atoms with E-state index in [0.717, 1.165) is 25.7 Å². The zero-order valence-electron chi connectivity index (χ0n) is 11.0. The van der Waals surface area contributed by atoms with E-state index in [1.54, 1.807) is 11.6 Å². The third-order valence-corrected chi connectivity index (χ3v) is 4.71. The lowest BCUT2D eigenvalue weighted by atomic mass is 9.83. The first-order valence-corrected chi connectivity index (χ1v) is 7.66. The molecule has 3 N–H and O–H groups in total. The number of halogens is 1. The Kier molecular flexibility index (Phi) is 5.37. The van der Waals surface area contributed by atoms with Crippen molar-refractivity contribution in [2.45, 2.75) is 42.7 Å². The average Bonchev–Trinajstić information content (AvgIpc) is 2.76. The van der Waals surface area contributed by atoms with E-state index in [2.05, 4.69) is 9.71 Å². The molecule has 19 heavy (non-hydrogen) atoms. The van der Waals surface area contributed by atoms with Crippen molar-refractivity contribution in [1.29, 1.82) is 0 Å². The number of nitrogens with one attached hydrogen (secondary N) is 1. The maximum atomic E-state index is 12.0. The molecule has 0 spiro atoms. The molecule has 1 aromatic heterocycles. The van der Waals surface area contributed by atoms with Gasteiger partial charge < -0.3 is 10.3 Å². The number of nitrogens with two attached hydrogens (primary N) is 1. The quantitative estimate of drug-likeness (QED) is 0.860. The predicted molar refractivity (Wildman–Crippen MR) is 75.6 cm³/mol. The van der Waals surface area contributed by atoms with Crippen LogP contribution in [0.4, 0.5) is 0 Å². The summed E-state index contributed by atoms with van der Waals surface area (Å²) in [5.74, 6) is 0. The molecule has 1 heterocycles. The molecule has 2 rings (SSSR count). The summed E-state index contributed by atoms with van der Waals surface area (Å²) >= 11 is 0. The maximum Gasteiger partial charge on any atom is 0.259 e. The van der Waals surface area contributed by atoms with Gasteiger partial charge in [-0.2, -0.15) is 0 Å². The lowest BCUT2D eigenvalue weighted by Crippen LogP contribution is -2.51. The molecule has 6 nitrogen and oxygen atoms in total. The van der Waals surface area contributed by atoms with Gasteiger partial charge in [0, 0.05) is 25.3 Å². The van der Waals surface area contributed by atoms with Gasteiger partial charge in [0.1, 0.15) is 0 Å². The summed E-state index contributed by atoms with van der Waals surface area (Å²) in [6.07, 6.45) is 8.02. The van der Waals surface area contributed by atoms with Crippen LogP contribution >= 0.6 is 12.4 Å². The second-order valence-corrected chi connectivity index (χ2v) is 6.84. The van der Waals surface area contributed by atoms with Crippen molar-refractivity contribution in [3.05, 3.63) is 12.5 Å². The van der Waals surface area contributed by atoms with Gasteiger partial charge in [-0.3, -0.25) is 0 Å². The Balaban J connectivity index is 0.00000180. The predicted octanol–water partition coefficient (Wildman–Crippen LogP) is 0.782. The Hall–Kier alpha value is -0.630. The number of rotatable bonds is 4. The van der Waals surface area contributed by atoms with Gasteiger partial charge in [0.05, 0.1) is 6.33 Å². The van der Waals surface area contributed by atoms with Crippen LogP contribution in [0.25, 0.3) is 0 Å². The van der Waals surface area contributed by atoms with E-state index >= 15 is 0 Å². The lowest BCUT2D eigenvalue weighted by molar-refractivity contribution is 0.296. The minimum absolute atomic E-state index is 0. The molecule has 0 radical (unpaired) electrons. The van der Waals surface area contributed by atoms with Crippen molar-refractivity contribution in [3.8, 4) is 0 Å². The second kappa shape index (κ2) is 6.21. The van der Waals surface area contributed by atoms with Crippen LogP contribution < -0.4 is 10.5 Å². The summed E-state index contributed by atoms with van der Waals surface area (Å²) in [7, 11) is -1.81. The molecule has 0 aromatic carbocycles. The van der Waals surface area contributed by atoms with Crippen LogP contribution in [0, 0.1) is 0 Å². The summed E-state index contributed by atoms with van der Waals surface area (Å²) < 4.78 is 28.2. The van der Waals surface area contributed by atoms with Crippen molar-refractivity contribution in [3.63, 3.8) is 0 Å². The minimum Gasteiger partial charge on any atom is -0.339 e. The van der Waals surface area contributed by atoms with Gasteiger partial charge in [0.15, 0.2) is 5.03 Å². The largest absolute Gasteiger partial charge is 0.339 e. The molecule has 1 aromatic rings. The highest BCUT2D eigenvalue weighted by atomic mass is 35.5. The molecule has 1 saturated carbocycles. The molecule has 0 unspecified atom stereocenters. The van der Waals surface area contributed by atoms with E-state index in [1.165, 1.54) is 18.9 Å². The lowest BCUT2D eigenvalue weighted by Gasteiger charge is -2.33. The molecule has 1 fully saturated rings. The monoisotopic (exact) mass is 308 g/mol. The summed E-state index contributed by atoms with van der Waals surface area (Å²) in [5, 5.41) is 0.0457. The highest BCUT2D eigenvalue weighted by Crippen LogP contribution is 2.25. The average molecular weight is 309 g/mol. The molecule has 0 saturated heterocycles. The van der Waals surface area contributed by atoms with Gasteiger partial charge in [0.2, 0.25) is 0 Å². The molecule has 8 heteroatoms. The number of imidazole rings is 1. The van der Waals surface area contributed by atoms with Gasteiger partial charge in [0.25, 0.3) is 10.0 Å². The topological polar surface area (TPSA) is 90.0 Å². The van der Waals surface area contributed by atoms with Crippen molar-refractivity contribution in [2.24, 2.45) is 12.8 Å². The first-order valence-electron chi connectivity index (χ1n) is 6.18. The van der Waals surface area contributed by atoms with E-state index < -0.39 is 15.6 Å². The molecule has 110 valence electrons. The molecule has 1 aliphatic rings. The van der Waals surface area contributed by atoms with Crippen LogP contribution in [0.5, 0.6) is 0 Å². The van der Waals surface area contributed by atoms with Gasteiger partial charge in [-0.25, -0.2) is 18.1 Å². The molecule has 0 atom stereocenters. The van der Waals surface area contributed by atoms with E-state index in [0.29, 0.717) is 0 Å². The second-order valence-electron chi connectivity index (χ2n) is 5.12. The Morgan fingerprint density at radius 1 is 1.42 bits per heavy atom. The smallest absolute Gasteiger partial charge is 0.259 e. The van der Waals surface area contributed by atoms with Crippen LogP contribution in [-0.4, -0.2) is 30.1 Å². The third-order valence-electron chi connectivity index (χ3n) is 3.42. The summed E-state index contributed by atoms with van der Waals surface area (Å²) in [4.78, 5) is 3.85. The number of aryl methyl sites for hydroxylation is 1. The summed E-state index contributed by atoms with van der Waals surface area (Å²) in [5.41, 5.74) is 5.79. The van der Waals surface area contributed by atoms with Crippen LogP contribution in [-0.2, 0) is 17.1 Å². The first-order chi connectivity index (χ1) is 8.41. The van der Waals surface area contributed by atoms with Crippen molar-refractivity contribution >= 4 is 22.4 Å². The number of aromatic nitrogens is 2. The molecule has 0 aliphatic heterocycles. The minimum atomic E-state index is -3.54.